The molecule has 0 bridgehead atoms. The van der Waals surface area contributed by atoms with E-state index in [1.807, 2.05) is 18.2 Å². The quantitative estimate of drug-likeness (QED) is 0.782. The molecule has 23 heavy (non-hydrogen) atoms. The van der Waals surface area contributed by atoms with Crippen molar-refractivity contribution >= 4 is 17.4 Å². The average Bonchev–Trinajstić information content (AvgIpc) is 3.38. The Labute approximate surface area is 138 Å². The van der Waals surface area contributed by atoms with Gasteiger partial charge in [-0.05, 0) is 37.8 Å². The lowest BCUT2D eigenvalue weighted by atomic mass is 10.1. The van der Waals surface area contributed by atoms with Crippen LogP contribution in [0.1, 0.15) is 38.5 Å². The van der Waals surface area contributed by atoms with Gasteiger partial charge in [0.1, 0.15) is 0 Å². The molecule has 1 saturated heterocycles. The van der Waals surface area contributed by atoms with Crippen molar-refractivity contribution in [2.75, 3.05) is 36.5 Å². The minimum Gasteiger partial charge on any atom is -0.396 e. The molecule has 3 N–H and O–H groups in total. The molecule has 2 aliphatic rings. The van der Waals surface area contributed by atoms with Crippen LogP contribution >= 0.6 is 0 Å². The van der Waals surface area contributed by atoms with E-state index in [1.165, 1.54) is 25.7 Å². The minimum atomic E-state index is -0.188. The molecule has 0 radical (unpaired) electrons. The fraction of sp³-hybridized carbons (Fsp3) is 0.611. The summed E-state index contributed by atoms with van der Waals surface area (Å²) in [6, 6.07) is 7.82. The maximum absolute atomic E-state index is 12.2. The first-order valence-electron chi connectivity index (χ1n) is 8.72. The highest BCUT2D eigenvalue weighted by atomic mass is 16.3. The van der Waals surface area contributed by atoms with Crippen LogP contribution in [0, 0.1) is 5.41 Å². The van der Waals surface area contributed by atoms with Gasteiger partial charge in [0.2, 0.25) is 0 Å². The van der Waals surface area contributed by atoms with Gasteiger partial charge >= 0.3 is 6.03 Å². The molecule has 1 aromatic carbocycles. The monoisotopic (exact) mass is 317 g/mol. The van der Waals surface area contributed by atoms with Crippen molar-refractivity contribution in [3.05, 3.63) is 24.3 Å². The van der Waals surface area contributed by atoms with E-state index < -0.39 is 0 Å². The van der Waals surface area contributed by atoms with E-state index >= 15 is 0 Å². The van der Waals surface area contributed by atoms with Gasteiger partial charge in [0, 0.05) is 25.0 Å². The predicted octanol–water partition coefficient (Wildman–Crippen LogP) is 2.96. The Kier molecular flexibility index (Phi) is 5.06. The lowest BCUT2D eigenvalue weighted by Gasteiger charge is -2.25. The maximum atomic E-state index is 12.2. The fourth-order valence-electron chi connectivity index (χ4n) is 3.17. The average molecular weight is 317 g/mol. The third kappa shape index (κ3) is 4.16. The van der Waals surface area contributed by atoms with Gasteiger partial charge in [-0.1, -0.05) is 25.0 Å². The number of urea groups is 1. The standard InChI is InChI=1S/C18H27N3O2/c22-14-18(9-10-18)13-19-17(23)20-15-7-3-4-8-16(15)21-11-5-1-2-6-12-21/h3-4,7-8,22H,1-2,5-6,9-14H2,(H2,19,20,23). The molecule has 1 heterocycles. The highest BCUT2D eigenvalue weighted by Crippen LogP contribution is 2.44. The third-order valence-corrected chi connectivity index (χ3v) is 5.02. The molecule has 0 aromatic heterocycles. The summed E-state index contributed by atoms with van der Waals surface area (Å²) in [5.41, 5.74) is 1.90. The Morgan fingerprint density at radius 1 is 1.13 bits per heavy atom. The molecule has 1 aliphatic heterocycles. The van der Waals surface area contributed by atoms with Gasteiger partial charge in [0.25, 0.3) is 0 Å². The molecule has 1 aromatic rings. The number of benzene rings is 1. The Bertz CT molecular complexity index is 535. The van der Waals surface area contributed by atoms with Crippen molar-refractivity contribution < 1.29 is 9.90 Å². The molecule has 5 heteroatoms. The first kappa shape index (κ1) is 16.1. The van der Waals surface area contributed by atoms with Crippen LogP contribution < -0.4 is 15.5 Å². The van der Waals surface area contributed by atoms with Gasteiger partial charge in [-0.2, -0.15) is 0 Å². The van der Waals surface area contributed by atoms with E-state index in [1.54, 1.807) is 0 Å². The van der Waals surface area contributed by atoms with Crippen molar-refractivity contribution in [3.8, 4) is 0 Å². The van der Waals surface area contributed by atoms with Crippen molar-refractivity contribution in [2.45, 2.75) is 38.5 Å². The summed E-state index contributed by atoms with van der Waals surface area (Å²) in [6.45, 7) is 2.79. The number of carbonyl (C=O) groups is 1. The Morgan fingerprint density at radius 3 is 2.48 bits per heavy atom. The summed E-state index contributed by atoms with van der Waals surface area (Å²) < 4.78 is 0. The number of hydrogen-bond donors (Lipinski definition) is 3. The van der Waals surface area contributed by atoms with Gasteiger partial charge in [-0.3, -0.25) is 0 Å². The highest BCUT2D eigenvalue weighted by molar-refractivity contribution is 5.93. The van der Waals surface area contributed by atoms with Gasteiger partial charge in [-0.15, -0.1) is 0 Å². The van der Waals surface area contributed by atoms with Gasteiger partial charge in [-0.25, -0.2) is 4.79 Å². The summed E-state index contributed by atoms with van der Waals surface area (Å²) in [7, 11) is 0. The molecular weight excluding hydrogens is 290 g/mol. The fourth-order valence-corrected chi connectivity index (χ4v) is 3.17. The number of amides is 2. The molecule has 5 nitrogen and oxygen atoms in total. The zero-order valence-electron chi connectivity index (χ0n) is 13.7. The van der Waals surface area contributed by atoms with Gasteiger partial charge < -0.3 is 20.6 Å². The number of nitrogens with zero attached hydrogens (tertiary/aromatic N) is 1. The predicted molar refractivity (Wildman–Crippen MR) is 92.9 cm³/mol. The van der Waals surface area contributed by atoms with Crippen LogP contribution in [-0.2, 0) is 0 Å². The summed E-state index contributed by atoms with van der Waals surface area (Å²) in [5.74, 6) is 0. The highest BCUT2D eigenvalue weighted by Gasteiger charge is 2.42. The van der Waals surface area contributed by atoms with Crippen molar-refractivity contribution in [3.63, 3.8) is 0 Å². The van der Waals surface area contributed by atoms with Crippen LogP contribution in [-0.4, -0.2) is 37.4 Å². The largest absolute Gasteiger partial charge is 0.396 e. The molecule has 2 fully saturated rings. The van der Waals surface area contributed by atoms with E-state index in [2.05, 4.69) is 21.6 Å². The Balaban J connectivity index is 1.61. The maximum Gasteiger partial charge on any atom is 0.319 e. The van der Waals surface area contributed by atoms with Crippen molar-refractivity contribution in [2.24, 2.45) is 5.41 Å². The lowest BCUT2D eigenvalue weighted by molar-refractivity contribution is 0.206. The normalized spacial score (nSPS) is 19.8. The van der Waals surface area contributed by atoms with Crippen molar-refractivity contribution in [1.82, 2.24) is 5.32 Å². The van der Waals surface area contributed by atoms with Gasteiger partial charge in [0.15, 0.2) is 0 Å². The zero-order chi connectivity index (χ0) is 16.1. The molecule has 0 atom stereocenters. The van der Waals surface area contributed by atoms with Crippen LogP contribution in [0.4, 0.5) is 16.2 Å². The van der Waals surface area contributed by atoms with E-state index in [0.717, 1.165) is 37.3 Å². The number of aliphatic hydroxyl groups excluding tert-OH is 1. The van der Waals surface area contributed by atoms with E-state index in [9.17, 15) is 9.90 Å². The first-order valence-corrected chi connectivity index (χ1v) is 8.72. The Hall–Kier alpha value is -1.75. The minimum absolute atomic E-state index is 0.0678. The summed E-state index contributed by atoms with van der Waals surface area (Å²) in [4.78, 5) is 14.6. The lowest BCUT2D eigenvalue weighted by Crippen LogP contribution is -2.35. The summed E-state index contributed by atoms with van der Waals surface area (Å²) >= 11 is 0. The molecule has 126 valence electrons. The number of para-hydroxylation sites is 2. The van der Waals surface area contributed by atoms with Gasteiger partial charge in [0.05, 0.1) is 18.0 Å². The smallest absolute Gasteiger partial charge is 0.319 e. The number of nitrogens with one attached hydrogen (secondary N) is 2. The number of aliphatic hydroxyl groups is 1. The Morgan fingerprint density at radius 2 is 1.83 bits per heavy atom. The summed E-state index contributed by atoms with van der Waals surface area (Å²) in [5, 5.41) is 15.2. The van der Waals surface area contributed by atoms with E-state index in [0.29, 0.717) is 6.54 Å². The van der Waals surface area contributed by atoms with Crippen LogP contribution in [0.2, 0.25) is 0 Å². The van der Waals surface area contributed by atoms with E-state index in [4.69, 9.17) is 0 Å². The van der Waals surface area contributed by atoms with Crippen molar-refractivity contribution in [1.29, 1.82) is 0 Å². The zero-order valence-corrected chi connectivity index (χ0v) is 13.7. The molecule has 1 saturated carbocycles. The van der Waals surface area contributed by atoms with Crippen LogP contribution in [0.3, 0.4) is 0 Å². The third-order valence-electron chi connectivity index (χ3n) is 5.02. The van der Waals surface area contributed by atoms with E-state index in [-0.39, 0.29) is 18.1 Å². The molecule has 3 rings (SSSR count). The molecule has 0 unspecified atom stereocenters. The first-order chi connectivity index (χ1) is 11.2. The molecule has 0 spiro atoms. The molecular formula is C18H27N3O2. The van der Waals surface area contributed by atoms with Crippen LogP contribution in [0.15, 0.2) is 24.3 Å². The second-order valence-corrected chi connectivity index (χ2v) is 6.88. The second-order valence-electron chi connectivity index (χ2n) is 6.88. The number of carbonyl (C=O) groups excluding carboxylic acids is 1. The molecule has 1 aliphatic carbocycles. The van der Waals surface area contributed by atoms with Crippen LogP contribution in [0.25, 0.3) is 0 Å². The van der Waals surface area contributed by atoms with Crippen LogP contribution in [0.5, 0.6) is 0 Å². The molecule has 2 amide bonds. The SMILES string of the molecule is O=C(NCC1(CO)CC1)Nc1ccccc1N1CCCCCC1. The second kappa shape index (κ2) is 7.21. The topological polar surface area (TPSA) is 64.6 Å². The number of hydrogen-bond acceptors (Lipinski definition) is 3. The number of rotatable bonds is 5. The number of anilines is 2. The summed E-state index contributed by atoms with van der Waals surface area (Å²) in [6.07, 6.45) is 6.98.